The summed E-state index contributed by atoms with van der Waals surface area (Å²) in [5.74, 6) is 0.748. The van der Waals surface area contributed by atoms with E-state index in [1.807, 2.05) is 25.3 Å². The lowest BCUT2D eigenvalue weighted by Gasteiger charge is -2.14. The van der Waals surface area contributed by atoms with Crippen LogP contribution in [0.5, 0.6) is 5.75 Å². The van der Waals surface area contributed by atoms with Gasteiger partial charge in [-0.25, -0.2) is 0 Å². The molecule has 0 unspecified atom stereocenters. The number of para-hydroxylation sites is 1. The number of halogens is 2. The third kappa shape index (κ3) is 6.37. The number of ether oxygens (including phenoxy) is 1. The van der Waals surface area contributed by atoms with Gasteiger partial charge in [0.15, 0.2) is 5.96 Å². The smallest absolute Gasteiger partial charge is 0.387 e. The molecule has 0 fully saturated rings. The summed E-state index contributed by atoms with van der Waals surface area (Å²) in [4.78, 5) is 8.39. The summed E-state index contributed by atoms with van der Waals surface area (Å²) in [7, 11) is 1.66. The molecular formula is C18H22F2N4O. The van der Waals surface area contributed by atoms with E-state index in [-0.39, 0.29) is 5.75 Å². The average molecular weight is 348 g/mol. The zero-order valence-corrected chi connectivity index (χ0v) is 14.3. The topological polar surface area (TPSA) is 58.5 Å². The van der Waals surface area contributed by atoms with Crippen molar-refractivity contribution in [3.8, 4) is 5.75 Å². The minimum absolute atomic E-state index is 0.159. The van der Waals surface area contributed by atoms with Crippen LogP contribution in [0.3, 0.4) is 0 Å². The van der Waals surface area contributed by atoms with Crippen LogP contribution in [0.2, 0.25) is 0 Å². The highest BCUT2D eigenvalue weighted by Crippen LogP contribution is 2.19. The molecule has 0 bridgehead atoms. The lowest BCUT2D eigenvalue weighted by molar-refractivity contribution is -0.0504. The molecule has 0 spiro atoms. The van der Waals surface area contributed by atoms with Crippen molar-refractivity contribution in [1.29, 1.82) is 0 Å². The van der Waals surface area contributed by atoms with Gasteiger partial charge in [0.25, 0.3) is 0 Å². The standard InChI is InChI=1S/C18H22F2N4O/c1-13-7-8-14(11-23-13)9-10-22-18(21-2)24-12-15-5-3-4-6-16(15)25-17(19)20/h3-8,11,17H,9-10,12H2,1-2H3,(H2,21,22,24). The molecule has 2 aromatic rings. The first-order chi connectivity index (χ1) is 12.1. The largest absolute Gasteiger partial charge is 0.434 e. The van der Waals surface area contributed by atoms with Gasteiger partial charge >= 0.3 is 6.61 Å². The fourth-order valence-corrected chi connectivity index (χ4v) is 2.23. The molecule has 134 valence electrons. The maximum absolute atomic E-state index is 12.4. The Bertz CT molecular complexity index is 690. The zero-order valence-electron chi connectivity index (χ0n) is 14.3. The van der Waals surface area contributed by atoms with E-state index in [0.717, 1.165) is 17.7 Å². The van der Waals surface area contributed by atoms with E-state index in [9.17, 15) is 8.78 Å². The number of rotatable bonds is 7. The first kappa shape index (κ1) is 18.6. The molecular weight excluding hydrogens is 326 g/mol. The number of nitrogens with one attached hydrogen (secondary N) is 2. The number of hydrogen-bond donors (Lipinski definition) is 2. The lowest BCUT2D eigenvalue weighted by atomic mass is 10.2. The van der Waals surface area contributed by atoms with Gasteiger partial charge in [-0.15, -0.1) is 0 Å². The Hall–Kier alpha value is -2.70. The van der Waals surface area contributed by atoms with Crippen molar-refractivity contribution in [2.45, 2.75) is 26.5 Å². The van der Waals surface area contributed by atoms with Gasteiger partial charge in [0.1, 0.15) is 5.75 Å². The highest BCUT2D eigenvalue weighted by molar-refractivity contribution is 5.79. The van der Waals surface area contributed by atoms with Gasteiger partial charge in [-0.3, -0.25) is 9.98 Å². The van der Waals surface area contributed by atoms with Crippen LogP contribution in [0.4, 0.5) is 8.78 Å². The van der Waals surface area contributed by atoms with Crippen molar-refractivity contribution >= 4 is 5.96 Å². The number of guanidine groups is 1. The Morgan fingerprint density at radius 1 is 1.20 bits per heavy atom. The number of aromatic nitrogens is 1. The minimum Gasteiger partial charge on any atom is -0.434 e. The predicted octanol–water partition coefficient (Wildman–Crippen LogP) is 2.90. The quantitative estimate of drug-likeness (QED) is 0.597. The van der Waals surface area contributed by atoms with Crippen molar-refractivity contribution in [3.05, 3.63) is 59.4 Å². The van der Waals surface area contributed by atoms with E-state index in [4.69, 9.17) is 0 Å². The highest BCUT2D eigenvalue weighted by Gasteiger charge is 2.09. The molecule has 0 aliphatic rings. The van der Waals surface area contributed by atoms with Gasteiger partial charge in [-0.1, -0.05) is 24.3 Å². The molecule has 1 heterocycles. The third-order valence-electron chi connectivity index (χ3n) is 3.54. The van der Waals surface area contributed by atoms with Crippen LogP contribution >= 0.6 is 0 Å². The molecule has 0 saturated carbocycles. The molecule has 25 heavy (non-hydrogen) atoms. The third-order valence-corrected chi connectivity index (χ3v) is 3.54. The molecule has 0 aliphatic heterocycles. The van der Waals surface area contributed by atoms with Crippen molar-refractivity contribution < 1.29 is 13.5 Å². The van der Waals surface area contributed by atoms with Gasteiger partial charge < -0.3 is 15.4 Å². The summed E-state index contributed by atoms with van der Waals surface area (Å²) < 4.78 is 29.4. The van der Waals surface area contributed by atoms with Crippen LogP contribution in [-0.4, -0.2) is 31.1 Å². The fourth-order valence-electron chi connectivity index (χ4n) is 2.23. The SMILES string of the molecule is CN=C(NCCc1ccc(C)nc1)NCc1ccccc1OC(F)F. The zero-order chi connectivity index (χ0) is 18.1. The Balaban J connectivity index is 1.83. The van der Waals surface area contributed by atoms with E-state index in [1.54, 1.807) is 25.2 Å². The Kier molecular flexibility index (Phi) is 7.13. The lowest BCUT2D eigenvalue weighted by Crippen LogP contribution is -2.38. The average Bonchev–Trinajstić information content (AvgIpc) is 2.60. The highest BCUT2D eigenvalue weighted by atomic mass is 19.3. The Morgan fingerprint density at radius 3 is 2.68 bits per heavy atom. The van der Waals surface area contributed by atoms with Crippen molar-refractivity contribution in [3.63, 3.8) is 0 Å². The summed E-state index contributed by atoms with van der Waals surface area (Å²) in [5, 5.41) is 6.28. The number of nitrogens with zero attached hydrogens (tertiary/aromatic N) is 2. The van der Waals surface area contributed by atoms with E-state index in [1.165, 1.54) is 6.07 Å². The van der Waals surface area contributed by atoms with E-state index in [2.05, 4.69) is 25.3 Å². The van der Waals surface area contributed by atoms with Crippen molar-refractivity contribution in [2.24, 2.45) is 4.99 Å². The molecule has 0 amide bonds. The van der Waals surface area contributed by atoms with Crippen molar-refractivity contribution in [2.75, 3.05) is 13.6 Å². The maximum Gasteiger partial charge on any atom is 0.387 e. The molecule has 2 N–H and O–H groups in total. The molecule has 7 heteroatoms. The monoisotopic (exact) mass is 348 g/mol. The summed E-state index contributed by atoms with van der Waals surface area (Å²) in [6, 6.07) is 10.7. The van der Waals surface area contributed by atoms with E-state index in [0.29, 0.717) is 24.6 Å². The van der Waals surface area contributed by atoms with Crippen molar-refractivity contribution in [1.82, 2.24) is 15.6 Å². The summed E-state index contributed by atoms with van der Waals surface area (Å²) in [6.45, 7) is 0.110. The molecule has 0 aliphatic carbocycles. The second-order valence-corrected chi connectivity index (χ2v) is 5.40. The number of aryl methyl sites for hydroxylation is 1. The van der Waals surface area contributed by atoms with E-state index >= 15 is 0 Å². The Labute approximate surface area is 146 Å². The summed E-state index contributed by atoms with van der Waals surface area (Å²) in [5.41, 5.74) is 2.75. The Morgan fingerprint density at radius 2 is 2.00 bits per heavy atom. The number of aliphatic imine (C=N–C) groups is 1. The minimum atomic E-state index is -2.85. The molecule has 1 aromatic carbocycles. The van der Waals surface area contributed by atoms with Crippen LogP contribution < -0.4 is 15.4 Å². The molecule has 0 radical (unpaired) electrons. The van der Waals surface area contributed by atoms with Gasteiger partial charge in [0.2, 0.25) is 0 Å². The predicted molar refractivity (Wildman–Crippen MR) is 94.0 cm³/mol. The van der Waals surface area contributed by atoms with Gasteiger partial charge in [-0.2, -0.15) is 8.78 Å². The van der Waals surface area contributed by atoms with Crippen LogP contribution in [0, 0.1) is 6.92 Å². The van der Waals surface area contributed by atoms with Gasteiger partial charge in [0.05, 0.1) is 0 Å². The molecule has 1 aromatic heterocycles. The second-order valence-electron chi connectivity index (χ2n) is 5.40. The van der Waals surface area contributed by atoms with Gasteiger partial charge in [-0.05, 0) is 31.0 Å². The first-order valence-corrected chi connectivity index (χ1v) is 7.97. The molecule has 0 atom stereocenters. The first-order valence-electron chi connectivity index (χ1n) is 7.97. The number of alkyl halides is 2. The fraction of sp³-hybridized carbons (Fsp3) is 0.333. The summed E-state index contributed by atoms with van der Waals surface area (Å²) >= 11 is 0. The maximum atomic E-state index is 12.4. The molecule has 0 saturated heterocycles. The second kappa shape index (κ2) is 9.56. The van der Waals surface area contributed by atoms with Gasteiger partial charge in [0, 0.05) is 37.6 Å². The number of hydrogen-bond acceptors (Lipinski definition) is 3. The molecule has 5 nitrogen and oxygen atoms in total. The van der Waals surface area contributed by atoms with Crippen LogP contribution in [0.1, 0.15) is 16.8 Å². The van der Waals surface area contributed by atoms with Crippen LogP contribution in [-0.2, 0) is 13.0 Å². The number of pyridine rings is 1. The number of benzene rings is 1. The normalized spacial score (nSPS) is 11.5. The molecule has 2 rings (SSSR count). The van der Waals surface area contributed by atoms with Crippen LogP contribution in [0.25, 0.3) is 0 Å². The summed E-state index contributed by atoms with van der Waals surface area (Å²) in [6.07, 6.45) is 2.66. The van der Waals surface area contributed by atoms with Crippen LogP contribution in [0.15, 0.2) is 47.6 Å². The van der Waals surface area contributed by atoms with E-state index < -0.39 is 6.61 Å².